The number of ether oxygens (including phenoxy) is 1. The van der Waals surface area contributed by atoms with Gasteiger partial charge in [-0.3, -0.25) is 9.58 Å². The lowest BCUT2D eigenvalue weighted by Crippen LogP contribution is -2.38. The smallest absolute Gasteiger partial charge is 0.0594 e. The summed E-state index contributed by atoms with van der Waals surface area (Å²) in [6.07, 6.45) is 8.03. The van der Waals surface area contributed by atoms with Crippen molar-refractivity contribution in [3.63, 3.8) is 0 Å². The lowest BCUT2D eigenvalue weighted by molar-refractivity contribution is 0.0359. The lowest BCUT2D eigenvalue weighted by atomic mass is 9.95. The van der Waals surface area contributed by atoms with E-state index in [0.717, 1.165) is 39.4 Å². The molecular formula is C15H27N3O. The van der Waals surface area contributed by atoms with E-state index in [0.29, 0.717) is 5.92 Å². The summed E-state index contributed by atoms with van der Waals surface area (Å²) >= 11 is 0. The second-order valence-electron chi connectivity index (χ2n) is 5.38. The van der Waals surface area contributed by atoms with E-state index in [9.17, 15) is 0 Å². The second-order valence-corrected chi connectivity index (χ2v) is 5.38. The Bertz CT molecular complexity index is 358. The Morgan fingerprint density at radius 2 is 2.05 bits per heavy atom. The Labute approximate surface area is 116 Å². The van der Waals surface area contributed by atoms with E-state index in [2.05, 4.69) is 40.9 Å². The fraction of sp³-hybridized carbons (Fsp3) is 0.800. The van der Waals surface area contributed by atoms with Crippen molar-refractivity contribution in [2.75, 3.05) is 32.8 Å². The van der Waals surface area contributed by atoms with Gasteiger partial charge in [-0.25, -0.2) is 0 Å². The van der Waals surface area contributed by atoms with E-state index in [1.165, 1.54) is 24.8 Å². The van der Waals surface area contributed by atoms with Crippen LogP contribution in [0.4, 0.5) is 0 Å². The molecule has 1 aliphatic heterocycles. The third-order valence-electron chi connectivity index (χ3n) is 4.00. The molecule has 0 radical (unpaired) electrons. The number of hydrogen-bond donors (Lipinski definition) is 0. The molecule has 19 heavy (non-hydrogen) atoms. The Hall–Kier alpha value is -0.870. The van der Waals surface area contributed by atoms with Crippen molar-refractivity contribution in [2.45, 2.75) is 45.6 Å². The first kappa shape index (κ1) is 14.5. The second kappa shape index (κ2) is 7.65. The van der Waals surface area contributed by atoms with E-state index in [1.54, 1.807) is 0 Å². The zero-order valence-electron chi connectivity index (χ0n) is 12.3. The molecule has 1 fully saturated rings. The van der Waals surface area contributed by atoms with Gasteiger partial charge in [-0.05, 0) is 24.3 Å². The van der Waals surface area contributed by atoms with E-state index in [1.807, 2.05) is 0 Å². The van der Waals surface area contributed by atoms with Gasteiger partial charge < -0.3 is 4.74 Å². The average molecular weight is 265 g/mol. The molecular weight excluding hydrogens is 238 g/mol. The van der Waals surface area contributed by atoms with Crippen LogP contribution in [-0.4, -0.2) is 47.5 Å². The maximum atomic E-state index is 5.36. The summed E-state index contributed by atoms with van der Waals surface area (Å²) in [4.78, 5) is 2.45. The molecule has 0 saturated carbocycles. The molecule has 0 aromatic carbocycles. The van der Waals surface area contributed by atoms with Crippen molar-refractivity contribution in [1.29, 1.82) is 0 Å². The summed E-state index contributed by atoms with van der Waals surface area (Å²) in [5.41, 5.74) is 1.41. The summed E-state index contributed by atoms with van der Waals surface area (Å²) in [7, 11) is 0. The van der Waals surface area contributed by atoms with Crippen molar-refractivity contribution in [3.8, 4) is 0 Å². The largest absolute Gasteiger partial charge is 0.379 e. The molecule has 0 N–H and O–H groups in total. The highest BCUT2D eigenvalue weighted by Crippen LogP contribution is 2.23. The highest BCUT2D eigenvalue weighted by atomic mass is 16.5. The standard InChI is InChI=1S/C15H27N3O/c1-3-5-14(4-2)15-12-16-18(13-15)7-6-17-8-10-19-11-9-17/h12-14H,3-11H2,1-2H3. The zero-order chi connectivity index (χ0) is 13.5. The van der Waals surface area contributed by atoms with Gasteiger partial charge in [0, 0.05) is 25.8 Å². The van der Waals surface area contributed by atoms with Crippen LogP contribution in [0.1, 0.15) is 44.6 Å². The van der Waals surface area contributed by atoms with Crippen LogP contribution in [0.5, 0.6) is 0 Å². The monoisotopic (exact) mass is 265 g/mol. The summed E-state index contributed by atoms with van der Waals surface area (Å²) in [5.74, 6) is 0.683. The van der Waals surface area contributed by atoms with Gasteiger partial charge in [0.25, 0.3) is 0 Å². The van der Waals surface area contributed by atoms with Gasteiger partial charge in [0.2, 0.25) is 0 Å². The van der Waals surface area contributed by atoms with Crippen molar-refractivity contribution < 1.29 is 4.74 Å². The first-order valence-electron chi connectivity index (χ1n) is 7.66. The highest BCUT2D eigenvalue weighted by molar-refractivity contribution is 5.10. The van der Waals surface area contributed by atoms with Gasteiger partial charge in [-0.2, -0.15) is 5.10 Å². The first-order valence-corrected chi connectivity index (χ1v) is 7.66. The molecule has 1 saturated heterocycles. The molecule has 4 heteroatoms. The number of aromatic nitrogens is 2. The number of nitrogens with zero attached hydrogens (tertiary/aromatic N) is 3. The van der Waals surface area contributed by atoms with E-state index >= 15 is 0 Å². The average Bonchev–Trinajstić information content (AvgIpc) is 2.92. The summed E-state index contributed by atoms with van der Waals surface area (Å²) in [6, 6.07) is 0. The molecule has 1 unspecified atom stereocenters. The molecule has 108 valence electrons. The number of hydrogen-bond acceptors (Lipinski definition) is 3. The highest BCUT2D eigenvalue weighted by Gasteiger charge is 2.12. The Balaban J connectivity index is 1.82. The van der Waals surface area contributed by atoms with Crippen molar-refractivity contribution in [3.05, 3.63) is 18.0 Å². The minimum Gasteiger partial charge on any atom is -0.379 e. The van der Waals surface area contributed by atoms with Crippen LogP contribution >= 0.6 is 0 Å². The lowest BCUT2D eigenvalue weighted by Gasteiger charge is -2.26. The van der Waals surface area contributed by atoms with Gasteiger partial charge in [0.1, 0.15) is 0 Å². The topological polar surface area (TPSA) is 30.3 Å². The van der Waals surface area contributed by atoms with Gasteiger partial charge in [-0.15, -0.1) is 0 Å². The quantitative estimate of drug-likeness (QED) is 0.759. The Morgan fingerprint density at radius 1 is 1.26 bits per heavy atom. The van der Waals surface area contributed by atoms with Crippen LogP contribution in [0.2, 0.25) is 0 Å². The molecule has 1 aromatic heterocycles. The van der Waals surface area contributed by atoms with Crippen LogP contribution < -0.4 is 0 Å². The fourth-order valence-electron chi connectivity index (χ4n) is 2.74. The summed E-state index contributed by atoms with van der Waals surface area (Å²) in [5, 5.41) is 4.51. The molecule has 1 aliphatic rings. The SMILES string of the molecule is CCCC(CC)c1cnn(CCN2CCOCC2)c1. The van der Waals surface area contributed by atoms with Gasteiger partial charge >= 0.3 is 0 Å². The van der Waals surface area contributed by atoms with Crippen LogP contribution in [0.15, 0.2) is 12.4 Å². The molecule has 0 aliphatic carbocycles. The number of rotatable bonds is 7. The van der Waals surface area contributed by atoms with Crippen LogP contribution in [-0.2, 0) is 11.3 Å². The van der Waals surface area contributed by atoms with Crippen LogP contribution in [0.3, 0.4) is 0 Å². The minimum absolute atomic E-state index is 0.683. The van der Waals surface area contributed by atoms with Crippen molar-refractivity contribution in [1.82, 2.24) is 14.7 Å². The summed E-state index contributed by atoms with van der Waals surface area (Å²) in [6.45, 7) is 10.5. The maximum Gasteiger partial charge on any atom is 0.0594 e. The normalized spacial score (nSPS) is 18.6. The van der Waals surface area contributed by atoms with Crippen LogP contribution in [0.25, 0.3) is 0 Å². The Kier molecular flexibility index (Phi) is 5.86. The fourth-order valence-corrected chi connectivity index (χ4v) is 2.74. The third-order valence-corrected chi connectivity index (χ3v) is 4.00. The van der Waals surface area contributed by atoms with Gasteiger partial charge in [0.15, 0.2) is 0 Å². The molecule has 1 atom stereocenters. The number of morpholine rings is 1. The predicted molar refractivity (Wildman–Crippen MR) is 77.4 cm³/mol. The molecule has 1 aromatic rings. The van der Waals surface area contributed by atoms with E-state index in [4.69, 9.17) is 4.74 Å². The molecule has 2 rings (SSSR count). The predicted octanol–water partition coefficient (Wildman–Crippen LogP) is 2.51. The molecule has 2 heterocycles. The van der Waals surface area contributed by atoms with Gasteiger partial charge in [-0.1, -0.05) is 20.3 Å². The molecule has 0 amide bonds. The van der Waals surface area contributed by atoms with Gasteiger partial charge in [0.05, 0.1) is 26.0 Å². The molecule has 0 bridgehead atoms. The Morgan fingerprint density at radius 3 is 2.74 bits per heavy atom. The third kappa shape index (κ3) is 4.32. The van der Waals surface area contributed by atoms with E-state index < -0.39 is 0 Å². The zero-order valence-corrected chi connectivity index (χ0v) is 12.3. The van der Waals surface area contributed by atoms with Crippen molar-refractivity contribution >= 4 is 0 Å². The van der Waals surface area contributed by atoms with Crippen molar-refractivity contribution in [2.24, 2.45) is 0 Å². The maximum absolute atomic E-state index is 5.36. The first-order chi connectivity index (χ1) is 9.33. The van der Waals surface area contributed by atoms with E-state index in [-0.39, 0.29) is 0 Å². The summed E-state index contributed by atoms with van der Waals surface area (Å²) < 4.78 is 7.46. The van der Waals surface area contributed by atoms with Crippen LogP contribution in [0, 0.1) is 0 Å². The molecule has 0 spiro atoms. The molecule has 4 nitrogen and oxygen atoms in total. The minimum atomic E-state index is 0.683.